The van der Waals surface area contributed by atoms with Crippen LogP contribution in [0.3, 0.4) is 0 Å². The smallest absolute Gasteiger partial charge is 0.303 e. The first-order chi connectivity index (χ1) is 13.7. The quantitative estimate of drug-likeness (QED) is 0.287. The van der Waals surface area contributed by atoms with E-state index in [2.05, 4.69) is 15.0 Å². The average molecular weight is 447 g/mol. The van der Waals surface area contributed by atoms with Crippen LogP contribution in [0.2, 0.25) is 10.4 Å². The molecule has 13 heteroatoms. The third-order valence-corrected chi connectivity index (χ3v) is 4.40. The molecule has 0 aromatic carbocycles. The Kier molecular flexibility index (Phi) is 6.20. The summed E-state index contributed by atoms with van der Waals surface area (Å²) in [6.07, 6.45) is -2.71. The average Bonchev–Trinajstić information content (AvgIpc) is 3.15. The summed E-state index contributed by atoms with van der Waals surface area (Å²) >= 11 is 11.9. The highest BCUT2D eigenvalue weighted by atomic mass is 35.5. The summed E-state index contributed by atoms with van der Waals surface area (Å²) in [6.45, 7) is 3.38. The summed E-state index contributed by atoms with van der Waals surface area (Å²) in [4.78, 5) is 46.6. The number of hydrogen-bond acceptors (Lipinski definition) is 10. The van der Waals surface area contributed by atoms with Crippen molar-refractivity contribution < 1.29 is 33.3 Å². The first-order valence-electron chi connectivity index (χ1n) is 8.36. The van der Waals surface area contributed by atoms with E-state index in [1.807, 2.05) is 0 Å². The molecule has 0 amide bonds. The van der Waals surface area contributed by atoms with Gasteiger partial charge in [-0.1, -0.05) is 11.6 Å². The molecule has 0 aliphatic carbocycles. The van der Waals surface area contributed by atoms with Crippen LogP contribution in [0.4, 0.5) is 0 Å². The lowest BCUT2D eigenvalue weighted by Crippen LogP contribution is -2.40. The van der Waals surface area contributed by atoms with E-state index in [0.29, 0.717) is 0 Å². The fourth-order valence-corrected chi connectivity index (χ4v) is 3.38. The van der Waals surface area contributed by atoms with Crippen LogP contribution in [0, 0.1) is 0 Å². The van der Waals surface area contributed by atoms with E-state index in [1.54, 1.807) is 0 Å². The normalized spacial score (nSPS) is 23.8. The fourth-order valence-electron chi connectivity index (χ4n) is 2.96. The van der Waals surface area contributed by atoms with Gasteiger partial charge in [0.15, 0.2) is 29.2 Å². The van der Waals surface area contributed by atoms with Crippen LogP contribution in [-0.2, 0) is 33.3 Å². The fraction of sp³-hybridized carbons (Fsp3) is 0.500. The third kappa shape index (κ3) is 4.57. The van der Waals surface area contributed by atoms with Crippen LogP contribution >= 0.6 is 23.2 Å². The van der Waals surface area contributed by atoms with Gasteiger partial charge in [0.1, 0.15) is 18.2 Å². The van der Waals surface area contributed by atoms with Crippen molar-refractivity contribution in [3.05, 3.63) is 16.8 Å². The van der Waals surface area contributed by atoms with E-state index in [4.69, 9.17) is 42.1 Å². The first kappa shape index (κ1) is 21.2. The molecule has 1 fully saturated rings. The molecular formula is C16H16Cl2N4O7. The molecule has 2 aromatic heterocycles. The molecule has 1 saturated heterocycles. The zero-order chi connectivity index (χ0) is 21.3. The molecule has 11 nitrogen and oxygen atoms in total. The molecule has 2 aromatic rings. The summed E-state index contributed by atoms with van der Waals surface area (Å²) in [5, 5.41) is -0.104. The molecule has 4 atom stereocenters. The van der Waals surface area contributed by atoms with Gasteiger partial charge in [-0.2, -0.15) is 4.98 Å². The van der Waals surface area contributed by atoms with Crippen molar-refractivity contribution in [2.75, 3.05) is 6.61 Å². The van der Waals surface area contributed by atoms with Crippen LogP contribution < -0.4 is 0 Å². The SMILES string of the molecule is CC(=O)OC[C@@H]1OC(n2cnc3c(Cl)nc(Cl)nc32)[C@@H](OC(C)=O)[C@H]1OC(C)=O. The molecule has 3 heterocycles. The number of fused-ring (bicyclic) bond motifs is 1. The molecule has 1 unspecified atom stereocenters. The van der Waals surface area contributed by atoms with Crippen LogP contribution in [0.25, 0.3) is 11.2 Å². The Morgan fingerprint density at radius 1 is 1.07 bits per heavy atom. The Hall–Kier alpha value is -2.50. The van der Waals surface area contributed by atoms with Crippen LogP contribution in [-0.4, -0.2) is 62.3 Å². The highest BCUT2D eigenvalue weighted by Gasteiger charge is 2.51. The highest BCUT2D eigenvalue weighted by Crippen LogP contribution is 2.36. The minimum absolute atomic E-state index is 0.0220. The van der Waals surface area contributed by atoms with Gasteiger partial charge in [0, 0.05) is 20.8 Å². The van der Waals surface area contributed by atoms with Gasteiger partial charge in [-0.25, -0.2) is 9.97 Å². The van der Waals surface area contributed by atoms with E-state index in [-0.39, 0.29) is 28.2 Å². The predicted molar refractivity (Wildman–Crippen MR) is 97.0 cm³/mol. The number of rotatable bonds is 5. The Bertz CT molecular complexity index is 966. The number of nitrogens with zero attached hydrogens (tertiary/aromatic N) is 4. The molecule has 0 N–H and O–H groups in total. The van der Waals surface area contributed by atoms with E-state index in [9.17, 15) is 14.4 Å². The van der Waals surface area contributed by atoms with Gasteiger partial charge in [0.05, 0.1) is 6.33 Å². The molecule has 0 bridgehead atoms. The Balaban J connectivity index is 2.04. The highest BCUT2D eigenvalue weighted by molar-refractivity contribution is 6.35. The summed E-state index contributed by atoms with van der Waals surface area (Å²) in [5.41, 5.74) is 0.459. The van der Waals surface area contributed by atoms with Gasteiger partial charge in [0.2, 0.25) is 5.28 Å². The number of carbonyl (C=O) groups excluding carboxylic acids is 3. The number of ether oxygens (including phenoxy) is 4. The zero-order valence-electron chi connectivity index (χ0n) is 15.5. The van der Waals surface area contributed by atoms with Gasteiger partial charge >= 0.3 is 17.9 Å². The Morgan fingerprint density at radius 3 is 2.34 bits per heavy atom. The minimum Gasteiger partial charge on any atom is -0.463 e. The lowest BCUT2D eigenvalue weighted by molar-refractivity contribution is -0.166. The maximum Gasteiger partial charge on any atom is 0.303 e. The summed E-state index contributed by atoms with van der Waals surface area (Å²) in [6, 6.07) is 0. The number of hydrogen-bond donors (Lipinski definition) is 0. The standard InChI is InChI=1S/C16H16Cl2N4O7/c1-6(23)26-4-9-11(27-7(2)24)12(28-8(3)25)15(29-9)22-5-19-10-13(17)20-16(18)21-14(10)22/h5,9,11-12,15H,4H2,1-3H3/t9-,11-,12-,15?/m0/s1. The Labute approximate surface area is 174 Å². The molecular weight excluding hydrogens is 431 g/mol. The van der Waals surface area contributed by atoms with Gasteiger partial charge in [-0.3, -0.25) is 19.0 Å². The minimum atomic E-state index is -1.08. The lowest BCUT2D eigenvalue weighted by Gasteiger charge is -2.23. The first-order valence-corrected chi connectivity index (χ1v) is 9.11. The molecule has 0 spiro atoms. The molecule has 1 aliphatic heterocycles. The zero-order valence-corrected chi connectivity index (χ0v) is 17.0. The van der Waals surface area contributed by atoms with Crippen LogP contribution in [0.15, 0.2) is 6.33 Å². The topological polar surface area (TPSA) is 132 Å². The molecule has 1 aliphatic rings. The summed E-state index contributed by atoms with van der Waals surface area (Å²) in [7, 11) is 0. The number of carbonyl (C=O) groups is 3. The van der Waals surface area contributed by atoms with E-state index >= 15 is 0 Å². The largest absolute Gasteiger partial charge is 0.463 e. The van der Waals surface area contributed by atoms with Crippen LogP contribution in [0.1, 0.15) is 27.0 Å². The second kappa shape index (κ2) is 8.47. The molecule has 0 saturated carbocycles. The number of aromatic nitrogens is 4. The van der Waals surface area contributed by atoms with Crippen LogP contribution in [0.5, 0.6) is 0 Å². The van der Waals surface area contributed by atoms with Crippen molar-refractivity contribution in [3.8, 4) is 0 Å². The third-order valence-electron chi connectivity index (χ3n) is 3.97. The number of esters is 3. The van der Waals surface area contributed by atoms with Crippen molar-refractivity contribution >= 4 is 52.3 Å². The summed E-state index contributed by atoms with van der Waals surface area (Å²) in [5.74, 6) is -1.82. The lowest BCUT2D eigenvalue weighted by atomic mass is 10.1. The van der Waals surface area contributed by atoms with Crippen molar-refractivity contribution in [2.24, 2.45) is 0 Å². The Morgan fingerprint density at radius 2 is 1.72 bits per heavy atom. The number of imidazole rings is 1. The molecule has 0 radical (unpaired) electrons. The van der Waals surface area contributed by atoms with Crippen molar-refractivity contribution in [2.45, 2.75) is 45.3 Å². The second-order valence-corrected chi connectivity index (χ2v) is 6.82. The van der Waals surface area contributed by atoms with Crippen molar-refractivity contribution in [3.63, 3.8) is 0 Å². The van der Waals surface area contributed by atoms with Crippen molar-refractivity contribution in [1.82, 2.24) is 19.5 Å². The number of halogens is 2. The van der Waals surface area contributed by atoms with Gasteiger partial charge in [-0.05, 0) is 11.6 Å². The van der Waals surface area contributed by atoms with Gasteiger partial charge in [-0.15, -0.1) is 0 Å². The van der Waals surface area contributed by atoms with Gasteiger partial charge in [0.25, 0.3) is 0 Å². The second-order valence-electron chi connectivity index (χ2n) is 6.12. The monoisotopic (exact) mass is 446 g/mol. The summed E-state index contributed by atoms with van der Waals surface area (Å²) < 4.78 is 23.0. The molecule has 156 valence electrons. The van der Waals surface area contributed by atoms with E-state index in [0.717, 1.165) is 0 Å². The van der Waals surface area contributed by atoms with Crippen molar-refractivity contribution in [1.29, 1.82) is 0 Å². The van der Waals surface area contributed by atoms with Gasteiger partial charge < -0.3 is 18.9 Å². The van der Waals surface area contributed by atoms with E-state index in [1.165, 1.54) is 31.7 Å². The van der Waals surface area contributed by atoms with E-state index < -0.39 is 42.4 Å². The maximum absolute atomic E-state index is 11.7. The molecule has 3 rings (SSSR count). The predicted octanol–water partition coefficient (Wildman–Crippen LogP) is 1.46. The molecule has 29 heavy (non-hydrogen) atoms. The maximum atomic E-state index is 11.7.